The van der Waals surface area contributed by atoms with Gasteiger partial charge in [0.25, 0.3) is 0 Å². The number of carbonyl (C=O) groups is 2. The van der Waals surface area contributed by atoms with Crippen LogP contribution in [0.1, 0.15) is 62.9 Å². The third kappa shape index (κ3) is 13.0. The van der Waals surface area contributed by atoms with E-state index in [1.165, 1.54) is 55.9 Å². The van der Waals surface area contributed by atoms with Gasteiger partial charge < -0.3 is 69.4 Å². The molecule has 0 saturated carbocycles. The highest BCUT2D eigenvalue weighted by atomic mass is 31.2. The number of hydrogen-bond donors (Lipinski definition) is 8. The maximum Gasteiger partial charge on any atom is 0.459 e. The summed E-state index contributed by atoms with van der Waals surface area (Å²) in [5.74, 6) is -1.88. The van der Waals surface area contributed by atoms with Gasteiger partial charge in [-0.25, -0.2) is 28.7 Å². The summed E-state index contributed by atoms with van der Waals surface area (Å²) in [4.78, 5) is 53.6. The van der Waals surface area contributed by atoms with E-state index in [2.05, 4.69) is 40.1 Å². The number of imidazole rings is 2. The second kappa shape index (κ2) is 27.1. The molecule has 4 aromatic heterocycles. The Labute approximate surface area is 547 Å². The number of benzene rings is 6. The zero-order valence-corrected chi connectivity index (χ0v) is 54.2. The minimum atomic E-state index is -4.90. The number of rotatable bonds is 25. The number of nitrogens with two attached hydrogens (primary N) is 2. The largest absolute Gasteiger partial charge is 0.479 e. The lowest BCUT2D eigenvalue weighted by Gasteiger charge is -2.28. The number of esters is 2. The van der Waals surface area contributed by atoms with Crippen molar-refractivity contribution >= 4 is 83.2 Å². The molecule has 2 saturated heterocycles. The van der Waals surface area contributed by atoms with E-state index in [4.69, 9.17) is 58.0 Å². The highest BCUT2D eigenvalue weighted by Gasteiger charge is 2.56. The van der Waals surface area contributed by atoms with Crippen molar-refractivity contribution in [1.29, 1.82) is 0 Å². The quantitative estimate of drug-likeness (QED) is 0.0205. The Morgan fingerprint density at radius 2 is 1.09 bits per heavy atom. The molecule has 10 N–H and O–H groups in total. The molecule has 0 amide bonds. The molecular formula is C64H68N12O18P2. The first-order valence-corrected chi connectivity index (χ1v) is 33.2. The molecule has 502 valence electrons. The van der Waals surface area contributed by atoms with Crippen LogP contribution in [-0.2, 0) is 46.7 Å². The molecule has 32 heteroatoms. The number of aromatic nitrogens is 8. The maximum absolute atomic E-state index is 15.8. The number of nitrogen functional groups attached to an aromatic ring is 2. The average Bonchev–Trinajstić information content (AvgIpc) is 1.53. The van der Waals surface area contributed by atoms with Gasteiger partial charge in [0, 0.05) is 10.8 Å². The molecule has 6 heterocycles. The first kappa shape index (κ1) is 66.7. The number of anilines is 2. The van der Waals surface area contributed by atoms with Crippen molar-refractivity contribution in [3.05, 3.63) is 157 Å². The third-order valence-corrected chi connectivity index (χ3v) is 19.5. The van der Waals surface area contributed by atoms with E-state index in [-0.39, 0.29) is 69.7 Å². The Morgan fingerprint density at radius 3 is 1.66 bits per heavy atom. The summed E-state index contributed by atoms with van der Waals surface area (Å²) in [7, 11) is -5.89. The zero-order chi connectivity index (χ0) is 67.8. The summed E-state index contributed by atoms with van der Waals surface area (Å²) >= 11 is 0. The third-order valence-electron chi connectivity index (χ3n) is 16.5. The summed E-state index contributed by atoms with van der Waals surface area (Å²) in [5.41, 5.74) is 10.0. The minimum Gasteiger partial charge on any atom is -0.479 e. The zero-order valence-electron chi connectivity index (χ0n) is 52.4. The number of methoxy groups -OCH3 is 3. The van der Waals surface area contributed by atoms with E-state index in [9.17, 15) is 30.0 Å². The Morgan fingerprint density at radius 1 is 0.615 bits per heavy atom. The Balaban J connectivity index is 0.862. The molecule has 0 aliphatic carbocycles. The number of fused-ring (bicyclic) bond motifs is 4. The van der Waals surface area contributed by atoms with Crippen molar-refractivity contribution in [1.82, 2.24) is 49.2 Å². The van der Waals surface area contributed by atoms with Crippen molar-refractivity contribution in [2.75, 3.05) is 52.6 Å². The van der Waals surface area contributed by atoms with Gasteiger partial charge in [-0.2, -0.15) is 30.1 Å². The summed E-state index contributed by atoms with van der Waals surface area (Å²) in [6, 6.07) is 34.3. The number of carbonyl (C=O) groups excluding carboxylic acids is 2. The topological polar surface area (TPSA) is 405 Å². The Bertz CT molecular complexity index is 4630. The lowest BCUT2D eigenvalue weighted by atomic mass is 9.95. The molecule has 0 bridgehead atoms. The van der Waals surface area contributed by atoms with Crippen LogP contribution in [0, 0.1) is 0 Å². The minimum absolute atomic E-state index is 0.0109. The van der Waals surface area contributed by atoms with Crippen molar-refractivity contribution in [2.24, 2.45) is 0 Å². The standard InChI is InChI=1S/C64H68N12O18P2/c1-7-29-88-58(80)47(36-18-9-8-10-19-36)73-95(83,89-31-45-51(77)63(2,81)59(91-45)75-33-67-49-53(75)69-61(65)71-55(49)85-4)94-44-28-16-25-41-39(24-15-26-42(41)44)37-21-13-22-38(30-37)48(57(79)87-6)74-96(84,93-43-27-14-20-35-17-11-12-23-40(35)43)90-32-46-52(78)64(3,82)60(92-46)76-34-68-50-54(76)70-62(66)72-56(50)86-5/h8-28,30,33-34,45-48,51-52,59-60,77-78,81-82H,7,29,31-32H2,1-6H3,(H,73,83)(H,74,84)(H2,65,69,71)(H2,66,70,72). The molecule has 10 aromatic rings. The number of ether oxygens (including phenoxy) is 6. The van der Waals surface area contributed by atoms with Gasteiger partial charge in [-0.3, -0.25) is 18.2 Å². The molecule has 12 rings (SSSR count). The number of hydrogen-bond acceptors (Lipinski definition) is 26. The SMILES string of the molecule is CCCOC(=O)C(NP(=O)(OCC1OC(n2cnc3c(OC)nc(N)nc32)C(C)(O)C1O)Oc1cccc2c(-c3cccc(C(NP(=O)(OCC4OC(n5cnc6c(OC)nc(N)nc65)C(C)(O)C4O)Oc4cccc5ccccc45)C(=O)OC)c3)cccc12)c1ccccc1. The van der Waals surface area contributed by atoms with Crippen LogP contribution in [0.3, 0.4) is 0 Å². The predicted molar refractivity (Wildman–Crippen MR) is 347 cm³/mol. The number of nitrogens with zero attached hydrogens (tertiary/aromatic N) is 8. The summed E-state index contributed by atoms with van der Waals surface area (Å²) < 4.78 is 93.7. The summed E-state index contributed by atoms with van der Waals surface area (Å²) in [6.07, 6.45) is -5.90. The van der Waals surface area contributed by atoms with Gasteiger partial charge in [0.2, 0.25) is 23.7 Å². The maximum atomic E-state index is 15.8. The van der Waals surface area contributed by atoms with Crippen LogP contribution in [0.2, 0.25) is 0 Å². The number of aliphatic hydroxyl groups excluding tert-OH is 2. The lowest BCUT2D eigenvalue weighted by molar-refractivity contribution is -0.146. The van der Waals surface area contributed by atoms with Crippen LogP contribution >= 0.6 is 15.5 Å². The smallest absolute Gasteiger partial charge is 0.459 e. The monoisotopic (exact) mass is 1350 g/mol. The molecule has 0 radical (unpaired) electrons. The Hall–Kier alpha value is -9.26. The van der Waals surface area contributed by atoms with Crippen LogP contribution < -0.4 is 40.2 Å². The average molecular weight is 1360 g/mol. The van der Waals surface area contributed by atoms with Crippen LogP contribution in [0.4, 0.5) is 11.9 Å². The van der Waals surface area contributed by atoms with Gasteiger partial charge >= 0.3 is 27.4 Å². The fourth-order valence-electron chi connectivity index (χ4n) is 11.6. The van der Waals surface area contributed by atoms with Gasteiger partial charge in [-0.05, 0) is 71.5 Å². The van der Waals surface area contributed by atoms with E-state index in [1.54, 1.807) is 109 Å². The molecule has 2 aliphatic rings. The van der Waals surface area contributed by atoms with Gasteiger partial charge in [-0.1, -0.05) is 122 Å². The van der Waals surface area contributed by atoms with Crippen LogP contribution in [0.15, 0.2) is 146 Å². The van der Waals surface area contributed by atoms with Crippen LogP contribution in [0.5, 0.6) is 23.3 Å². The van der Waals surface area contributed by atoms with Crippen molar-refractivity contribution < 1.29 is 85.7 Å². The molecule has 0 spiro atoms. The fourth-order valence-corrected chi connectivity index (χ4v) is 14.7. The number of aliphatic hydroxyl groups is 4. The Kier molecular flexibility index (Phi) is 18.8. The molecule has 6 aromatic carbocycles. The summed E-state index contributed by atoms with van der Waals surface area (Å²) in [5, 5.41) is 55.1. The molecule has 30 nitrogen and oxygen atoms in total. The van der Waals surface area contributed by atoms with E-state index in [1.807, 2.05) is 25.1 Å². The van der Waals surface area contributed by atoms with E-state index in [0.717, 1.165) is 7.11 Å². The molecule has 96 heavy (non-hydrogen) atoms. The molecule has 12 atom stereocenters. The number of nitrogens with one attached hydrogen (secondary N) is 2. The lowest BCUT2D eigenvalue weighted by Crippen LogP contribution is -2.44. The van der Waals surface area contributed by atoms with Crippen molar-refractivity contribution in [3.63, 3.8) is 0 Å². The normalized spacial score (nSPS) is 22.9. The van der Waals surface area contributed by atoms with E-state index in [0.29, 0.717) is 44.7 Å². The highest BCUT2D eigenvalue weighted by Crippen LogP contribution is 2.53. The van der Waals surface area contributed by atoms with Crippen molar-refractivity contribution in [2.45, 2.75) is 87.3 Å². The molecular weight excluding hydrogens is 1290 g/mol. The fraction of sp³-hybridized carbons (Fsp3) is 0.312. The first-order valence-electron chi connectivity index (χ1n) is 30.1. The van der Waals surface area contributed by atoms with Gasteiger partial charge in [0.15, 0.2) is 34.8 Å². The van der Waals surface area contributed by atoms with Crippen LogP contribution in [0.25, 0.3) is 55.0 Å². The molecule has 2 aliphatic heterocycles. The van der Waals surface area contributed by atoms with Crippen molar-refractivity contribution in [3.8, 4) is 34.4 Å². The summed E-state index contributed by atoms with van der Waals surface area (Å²) in [6.45, 7) is 3.09. The predicted octanol–water partition coefficient (Wildman–Crippen LogP) is 7.34. The van der Waals surface area contributed by atoms with E-state index >= 15 is 9.13 Å². The van der Waals surface area contributed by atoms with Gasteiger partial charge in [0.1, 0.15) is 59.2 Å². The van der Waals surface area contributed by atoms with Gasteiger partial charge in [-0.15, -0.1) is 0 Å². The molecule has 12 unspecified atom stereocenters. The highest BCUT2D eigenvalue weighted by molar-refractivity contribution is 7.52. The molecule has 2 fully saturated rings. The van der Waals surface area contributed by atoms with Crippen LogP contribution in [-0.4, -0.2) is 148 Å². The second-order valence-corrected chi connectivity index (χ2v) is 26.4. The van der Waals surface area contributed by atoms with E-state index < -0.39 is 101 Å². The second-order valence-electron chi connectivity index (χ2n) is 23.0. The first-order chi connectivity index (χ1) is 46.1. The van der Waals surface area contributed by atoms with Gasteiger partial charge in [0.05, 0.1) is 53.8 Å².